The van der Waals surface area contributed by atoms with E-state index in [2.05, 4.69) is 23.5 Å². The van der Waals surface area contributed by atoms with E-state index in [0.29, 0.717) is 17.5 Å². The number of carbonyl (C=O) groups is 1. The van der Waals surface area contributed by atoms with Crippen molar-refractivity contribution in [2.75, 3.05) is 24.8 Å². The highest BCUT2D eigenvalue weighted by Gasteiger charge is 2.21. The number of anilines is 2. The molecule has 1 amide bonds. The maximum atomic E-state index is 11.3. The number of primary amides is 1. The molecule has 0 saturated heterocycles. The van der Waals surface area contributed by atoms with Crippen LogP contribution >= 0.6 is 11.5 Å². The molecule has 17 heavy (non-hydrogen) atoms. The molecule has 0 bridgehead atoms. The van der Waals surface area contributed by atoms with Crippen molar-refractivity contribution in [3.63, 3.8) is 0 Å². The number of nitrogens with zero attached hydrogens (tertiary/aromatic N) is 1. The van der Waals surface area contributed by atoms with Gasteiger partial charge < -0.3 is 21.5 Å². The summed E-state index contributed by atoms with van der Waals surface area (Å²) in [6.07, 6.45) is 0. The highest BCUT2D eigenvalue weighted by atomic mass is 32.1. The van der Waals surface area contributed by atoms with Crippen molar-refractivity contribution >= 4 is 28.3 Å². The molecular formula is C10H18N4O2S. The molecule has 1 heterocycles. The summed E-state index contributed by atoms with van der Waals surface area (Å²) in [5, 5.41) is 3.80. The van der Waals surface area contributed by atoms with Gasteiger partial charge in [-0.2, -0.15) is 4.37 Å². The monoisotopic (exact) mass is 258 g/mol. The van der Waals surface area contributed by atoms with E-state index in [1.54, 1.807) is 7.11 Å². The second-order valence-corrected chi connectivity index (χ2v) is 4.86. The maximum Gasteiger partial charge on any atom is 0.255 e. The normalized spacial score (nSPS) is 12.7. The van der Waals surface area contributed by atoms with Gasteiger partial charge >= 0.3 is 0 Å². The Bertz CT molecular complexity index is 392. The van der Waals surface area contributed by atoms with Crippen molar-refractivity contribution in [1.82, 2.24) is 4.37 Å². The van der Waals surface area contributed by atoms with Crippen LogP contribution in [0, 0.1) is 5.92 Å². The van der Waals surface area contributed by atoms with E-state index >= 15 is 0 Å². The lowest BCUT2D eigenvalue weighted by Crippen LogP contribution is -2.31. The standard InChI is InChI=1S/C10H18N4O2S/c1-5(2)6(4-16-3)13-10-7(9(12)15)8(11)14-17-10/h5-6,13H,4H2,1-3H3,(H2,11,14)(H2,12,15). The van der Waals surface area contributed by atoms with Crippen LogP contribution < -0.4 is 16.8 Å². The van der Waals surface area contributed by atoms with Crippen molar-refractivity contribution in [3.8, 4) is 0 Å². The van der Waals surface area contributed by atoms with E-state index < -0.39 is 5.91 Å². The lowest BCUT2D eigenvalue weighted by Gasteiger charge is -2.21. The Balaban J connectivity index is 2.89. The summed E-state index contributed by atoms with van der Waals surface area (Å²) in [7, 11) is 1.63. The topological polar surface area (TPSA) is 103 Å². The zero-order chi connectivity index (χ0) is 13.0. The van der Waals surface area contributed by atoms with Crippen LogP contribution in [0.4, 0.5) is 10.8 Å². The van der Waals surface area contributed by atoms with Gasteiger partial charge in [0.15, 0.2) is 5.82 Å². The molecule has 1 rings (SSSR count). The van der Waals surface area contributed by atoms with E-state index in [9.17, 15) is 4.79 Å². The van der Waals surface area contributed by atoms with Gasteiger partial charge in [-0.05, 0) is 17.5 Å². The Kier molecular flexibility index (Phi) is 4.71. The number of ether oxygens (including phenoxy) is 1. The third-order valence-electron chi connectivity index (χ3n) is 2.43. The fourth-order valence-corrected chi connectivity index (χ4v) is 2.17. The summed E-state index contributed by atoms with van der Waals surface area (Å²) in [6.45, 7) is 4.66. The predicted molar refractivity (Wildman–Crippen MR) is 69.2 cm³/mol. The van der Waals surface area contributed by atoms with Crippen molar-refractivity contribution < 1.29 is 9.53 Å². The summed E-state index contributed by atoms with van der Waals surface area (Å²) in [6, 6.07) is 0.0814. The molecule has 1 unspecified atom stereocenters. The number of nitrogens with two attached hydrogens (primary N) is 2. The van der Waals surface area contributed by atoms with Gasteiger partial charge in [-0.1, -0.05) is 13.8 Å². The van der Waals surface area contributed by atoms with Crippen LogP contribution in [0.3, 0.4) is 0 Å². The minimum absolute atomic E-state index is 0.0814. The number of nitrogen functional groups attached to an aromatic ring is 1. The van der Waals surface area contributed by atoms with Gasteiger partial charge in [0.2, 0.25) is 0 Å². The van der Waals surface area contributed by atoms with Gasteiger partial charge in [-0.15, -0.1) is 0 Å². The van der Waals surface area contributed by atoms with Crippen molar-refractivity contribution in [1.29, 1.82) is 0 Å². The smallest absolute Gasteiger partial charge is 0.255 e. The third kappa shape index (κ3) is 3.31. The minimum atomic E-state index is -0.571. The van der Waals surface area contributed by atoms with Gasteiger partial charge in [-0.3, -0.25) is 4.79 Å². The molecule has 0 aromatic carbocycles. The second-order valence-electron chi connectivity index (χ2n) is 4.09. The fourth-order valence-electron chi connectivity index (χ4n) is 1.39. The average Bonchev–Trinajstić information content (AvgIpc) is 2.59. The Labute approximate surface area is 104 Å². The number of carbonyl (C=O) groups excluding carboxylic acids is 1. The molecule has 0 aliphatic heterocycles. The molecule has 0 saturated carbocycles. The lowest BCUT2D eigenvalue weighted by molar-refractivity contribution is 0.100. The number of methoxy groups -OCH3 is 1. The molecule has 6 nitrogen and oxygen atoms in total. The van der Waals surface area contributed by atoms with E-state index in [1.807, 2.05) is 0 Å². The van der Waals surface area contributed by atoms with Gasteiger partial charge in [0.05, 0.1) is 12.6 Å². The number of hydrogen-bond donors (Lipinski definition) is 3. The van der Waals surface area contributed by atoms with Crippen LogP contribution in [0.2, 0.25) is 0 Å². The van der Waals surface area contributed by atoms with E-state index in [0.717, 1.165) is 11.5 Å². The predicted octanol–water partition coefficient (Wildman–Crippen LogP) is 0.907. The lowest BCUT2D eigenvalue weighted by atomic mass is 10.1. The molecule has 0 radical (unpaired) electrons. The molecule has 0 fully saturated rings. The Morgan fingerprint density at radius 2 is 2.24 bits per heavy atom. The first-order valence-electron chi connectivity index (χ1n) is 5.27. The van der Waals surface area contributed by atoms with Gasteiger partial charge in [0.25, 0.3) is 5.91 Å². The van der Waals surface area contributed by atoms with Crippen molar-refractivity contribution in [3.05, 3.63) is 5.56 Å². The molecule has 0 spiro atoms. The zero-order valence-corrected chi connectivity index (χ0v) is 11.0. The van der Waals surface area contributed by atoms with Gasteiger partial charge in [-0.25, -0.2) is 0 Å². The SMILES string of the molecule is COCC(Nc1snc(N)c1C(N)=O)C(C)C. The molecule has 96 valence electrons. The number of hydrogen-bond acceptors (Lipinski definition) is 6. The Morgan fingerprint density at radius 1 is 1.59 bits per heavy atom. The first-order valence-corrected chi connectivity index (χ1v) is 6.05. The molecule has 1 aromatic rings. The Hall–Kier alpha value is -1.34. The summed E-state index contributed by atoms with van der Waals surface area (Å²) in [4.78, 5) is 11.3. The van der Waals surface area contributed by atoms with Crippen LogP contribution in [-0.4, -0.2) is 30.0 Å². The summed E-state index contributed by atoms with van der Waals surface area (Å²) >= 11 is 1.13. The fraction of sp³-hybridized carbons (Fsp3) is 0.600. The number of nitrogens with one attached hydrogen (secondary N) is 1. The average molecular weight is 258 g/mol. The van der Waals surface area contributed by atoms with Crippen LogP contribution in [0.1, 0.15) is 24.2 Å². The third-order valence-corrected chi connectivity index (χ3v) is 3.22. The zero-order valence-electron chi connectivity index (χ0n) is 10.2. The summed E-state index contributed by atoms with van der Waals surface area (Å²) in [5.74, 6) is -0.0532. The number of aromatic nitrogens is 1. The van der Waals surface area contributed by atoms with Crippen LogP contribution in [0.15, 0.2) is 0 Å². The van der Waals surface area contributed by atoms with E-state index in [1.165, 1.54) is 0 Å². The molecular weight excluding hydrogens is 240 g/mol. The second kappa shape index (κ2) is 5.83. The Morgan fingerprint density at radius 3 is 2.71 bits per heavy atom. The molecule has 0 aliphatic rings. The minimum Gasteiger partial charge on any atom is -0.383 e. The van der Waals surface area contributed by atoms with Gasteiger partial charge in [0, 0.05) is 7.11 Å². The van der Waals surface area contributed by atoms with E-state index in [4.69, 9.17) is 16.2 Å². The van der Waals surface area contributed by atoms with Crippen LogP contribution in [-0.2, 0) is 4.74 Å². The van der Waals surface area contributed by atoms with Crippen molar-refractivity contribution in [2.24, 2.45) is 11.7 Å². The highest BCUT2D eigenvalue weighted by Crippen LogP contribution is 2.27. The molecule has 5 N–H and O–H groups in total. The first kappa shape index (κ1) is 13.7. The molecule has 0 aliphatic carbocycles. The van der Waals surface area contributed by atoms with Crippen LogP contribution in [0.25, 0.3) is 0 Å². The number of amides is 1. The van der Waals surface area contributed by atoms with E-state index in [-0.39, 0.29) is 17.4 Å². The maximum absolute atomic E-state index is 11.3. The largest absolute Gasteiger partial charge is 0.383 e. The van der Waals surface area contributed by atoms with Crippen LogP contribution in [0.5, 0.6) is 0 Å². The molecule has 1 aromatic heterocycles. The number of rotatable bonds is 6. The molecule has 7 heteroatoms. The first-order chi connectivity index (χ1) is 7.97. The molecule has 1 atom stereocenters. The van der Waals surface area contributed by atoms with Crippen molar-refractivity contribution in [2.45, 2.75) is 19.9 Å². The summed E-state index contributed by atoms with van der Waals surface area (Å²) in [5.41, 5.74) is 11.1. The summed E-state index contributed by atoms with van der Waals surface area (Å²) < 4.78 is 9.04. The highest BCUT2D eigenvalue weighted by molar-refractivity contribution is 7.11. The quantitative estimate of drug-likeness (QED) is 0.703. The van der Waals surface area contributed by atoms with Gasteiger partial charge in [0.1, 0.15) is 10.6 Å².